The number of carboxylic acid groups (broad SMARTS) is 1. The third-order valence-corrected chi connectivity index (χ3v) is 18.3. The molecule has 0 saturated heterocycles. The lowest BCUT2D eigenvalue weighted by Crippen LogP contribution is -2.37. The van der Waals surface area contributed by atoms with E-state index in [-0.39, 0.29) is 97.4 Å². The van der Waals surface area contributed by atoms with Crippen LogP contribution in [0.1, 0.15) is 85.9 Å². The molecule has 17 aromatic rings. The maximum atomic E-state index is 12.0. The normalized spacial score (nSPS) is 10.8. The Balaban J connectivity index is 0.000000142. The second kappa shape index (κ2) is 43.0. The van der Waals surface area contributed by atoms with E-state index in [4.69, 9.17) is 88.8 Å². The number of hydrogen-bond acceptors (Lipinski definition) is 32. The van der Waals surface area contributed by atoms with Crippen LogP contribution in [-0.2, 0) is 14.3 Å². The first-order valence-electron chi connectivity index (χ1n) is 38.1. The van der Waals surface area contributed by atoms with Gasteiger partial charge in [-0.25, -0.2) is 44.3 Å². The van der Waals surface area contributed by atoms with Crippen LogP contribution < -0.4 is 54.4 Å². The molecule has 0 spiro atoms. The number of nitrogens with one attached hydrogen (secondary N) is 5. The maximum Gasteiger partial charge on any atom is 0.347 e. The van der Waals surface area contributed by atoms with E-state index in [0.717, 1.165) is 65.9 Å². The molecule has 37 nitrogen and oxygen atoms in total. The molecule has 17 rings (SSSR count). The number of nitrogen functional groups attached to an aromatic ring is 1. The molecule has 0 unspecified atom stereocenters. The largest absolute Gasteiger partial charge is 0.477 e. The zero-order chi connectivity index (χ0) is 90.0. The van der Waals surface area contributed by atoms with Crippen molar-refractivity contribution < 1.29 is 48.2 Å². The number of nitrogens with zero attached hydrogens (tertiary/aromatic N) is 18. The Morgan fingerprint density at radius 3 is 1.26 bits per heavy atom. The number of carbonyl (C=O) groups excluding carboxylic acids is 5. The Morgan fingerprint density at radius 2 is 0.819 bits per heavy atom. The van der Waals surface area contributed by atoms with Gasteiger partial charge in [0.1, 0.15) is 67.5 Å². The number of amides is 3. The second-order valence-corrected chi connectivity index (χ2v) is 28.2. The minimum absolute atomic E-state index is 0.00144. The van der Waals surface area contributed by atoms with Crippen molar-refractivity contribution in [2.75, 3.05) is 45.5 Å². The number of ether oxygens (including phenoxy) is 2. The van der Waals surface area contributed by atoms with Gasteiger partial charge >= 0.3 is 23.9 Å². The molecule has 0 aliphatic carbocycles. The number of nitrogens with two attached hydrogens (primary N) is 4. The van der Waals surface area contributed by atoms with E-state index in [0.29, 0.717) is 40.3 Å². The first kappa shape index (κ1) is 90.0. The monoisotopic (exact) mass is 1780 g/mol. The van der Waals surface area contributed by atoms with Gasteiger partial charge in [0.25, 0.3) is 11.8 Å². The number of halogens is 4. The molecule has 0 radical (unpaired) electrons. The SMILES string of the molecule is CC(C)C[C@@H](Nc1ncc(C(N)=O)c(Nc2ccc3ncccc3c2)n1)C(N)=O.CCOC(=O)c1cnc(Cl)nc1Cl.CCOC(=O)c1cnc(Cl)nc1Nc1ccc2ncccc2c1.NC(=O)c1cnc(On2nnc3ccccc32)nc1Nc1ccc2ncccc2c1.Nc1ccc2ncccc2c1.O=C(O)c1cnc(Cl)nc1Nc1ccc2ncccc2c1. The molecule has 0 saturated carbocycles. The Labute approximate surface area is 740 Å². The summed E-state index contributed by atoms with van der Waals surface area (Å²) in [5.41, 5.74) is 31.9. The number of fused-ring (bicyclic) bond motifs is 6. The van der Waals surface area contributed by atoms with E-state index < -0.39 is 41.7 Å². The van der Waals surface area contributed by atoms with Crippen molar-refractivity contribution >= 4 is 205 Å². The van der Waals surface area contributed by atoms with Gasteiger partial charge in [-0.1, -0.05) is 72.8 Å². The Hall–Kier alpha value is -16.3. The number of carbonyl (C=O) groups is 6. The van der Waals surface area contributed by atoms with Crippen molar-refractivity contribution in [3.63, 3.8) is 0 Å². The zero-order valence-electron chi connectivity index (χ0n) is 67.3. The predicted molar refractivity (Wildman–Crippen MR) is 482 cm³/mol. The van der Waals surface area contributed by atoms with Crippen LogP contribution in [0.3, 0.4) is 0 Å². The highest BCUT2D eigenvalue weighted by Crippen LogP contribution is 2.30. The highest BCUT2D eigenvalue weighted by molar-refractivity contribution is 6.34. The number of primary amides is 3. The van der Waals surface area contributed by atoms with Gasteiger partial charge in [0.05, 0.1) is 40.8 Å². The van der Waals surface area contributed by atoms with Crippen LogP contribution in [0.2, 0.25) is 21.0 Å². The Morgan fingerprint density at radius 1 is 0.425 bits per heavy atom. The molecular weight excluding hydrogens is 1710 g/mol. The van der Waals surface area contributed by atoms with Crippen LogP contribution in [0.5, 0.6) is 6.01 Å². The molecule has 0 aliphatic heterocycles. The van der Waals surface area contributed by atoms with Gasteiger partial charge in [0, 0.05) is 117 Å². The number of pyridine rings is 5. The molecule has 0 aliphatic rings. The summed E-state index contributed by atoms with van der Waals surface area (Å²) in [5, 5.41) is 37.1. The Kier molecular flexibility index (Phi) is 30.5. The zero-order valence-corrected chi connectivity index (χ0v) is 70.3. The van der Waals surface area contributed by atoms with Crippen LogP contribution in [0, 0.1) is 5.92 Å². The fraction of sp³-hybridized carbons (Fsp3) is 0.105. The first-order valence-corrected chi connectivity index (χ1v) is 39.6. The standard InChI is InChI=1S/C20H14N8O2.C20H23N7O2.C16H13ClN4O2.C14H9ClN4O2.C9H8N2.C7H6Cl2N2O2/c21-18(29)14-11-23-20(30-28-17-6-2-1-5-16(17)26-27-28)25-19(14)24-13-7-8-15-12(10-13)4-3-9-22-15;1-11(2)8-16(18(22)29)26-20-24-10-14(17(21)28)19(27-20)25-13-5-6-15-12(9-13)4-3-7-23-15;1-2-23-15(22)12-9-19-16(17)21-14(12)20-11-5-6-13-10(8-11)4-3-7-18-13;15-14-17-7-10(13(20)21)12(19-14)18-9-3-4-11-8(6-9)2-1-5-16-11;10-8-3-4-9-7(6-8)2-1-5-11-9;1-2-13-6(12)4-3-10-7(9)11-5(4)8/h1-11H,(H2,21,29)(H,23,24,25);3-7,9-11,16H,8H2,1-2H3,(H2,21,28)(H2,22,29)(H2,24,25,26,27);3-9H,2H2,1H3,(H,19,20,21);1-7H,(H,20,21)(H,17,18,19);1-6H,10H2;3H,2H2,1H3/t;16-;;;;/m.1..../s1. The number of benzene rings is 6. The molecule has 41 heteroatoms. The van der Waals surface area contributed by atoms with Crippen LogP contribution in [0.25, 0.3) is 65.5 Å². The van der Waals surface area contributed by atoms with Crippen LogP contribution in [0.4, 0.5) is 57.7 Å². The van der Waals surface area contributed by atoms with E-state index in [1.165, 1.54) is 35.8 Å². The summed E-state index contributed by atoms with van der Waals surface area (Å²) in [6, 6.07) is 53.6. The van der Waals surface area contributed by atoms with E-state index in [2.05, 4.69) is 112 Å². The van der Waals surface area contributed by atoms with E-state index in [1.54, 1.807) is 63.0 Å². The van der Waals surface area contributed by atoms with Crippen molar-refractivity contribution in [1.29, 1.82) is 0 Å². The second-order valence-electron chi connectivity index (χ2n) is 26.9. The lowest BCUT2D eigenvalue weighted by molar-refractivity contribution is -0.119. The summed E-state index contributed by atoms with van der Waals surface area (Å²) in [6.07, 6.45) is 15.6. The van der Waals surface area contributed by atoms with Crippen molar-refractivity contribution in [2.24, 2.45) is 23.1 Å². The number of anilines is 10. The molecule has 3 amide bonds. The van der Waals surface area contributed by atoms with Crippen LogP contribution in [0.15, 0.2) is 238 Å². The van der Waals surface area contributed by atoms with Gasteiger partial charge in [-0.3, -0.25) is 39.3 Å². The van der Waals surface area contributed by atoms with Gasteiger partial charge in [-0.2, -0.15) is 19.9 Å². The summed E-state index contributed by atoms with van der Waals surface area (Å²) >= 11 is 22.6. The maximum absolute atomic E-state index is 12.0. The Bertz CT molecular complexity index is 6890. The lowest BCUT2D eigenvalue weighted by Gasteiger charge is -2.18. The van der Waals surface area contributed by atoms with E-state index in [1.807, 2.05) is 172 Å². The number of para-hydroxylation sites is 1. The molecule has 0 bridgehead atoms. The van der Waals surface area contributed by atoms with Gasteiger partial charge in [0.2, 0.25) is 27.7 Å². The average Bonchev–Trinajstić information content (AvgIpc) is 1.74. The van der Waals surface area contributed by atoms with E-state index >= 15 is 0 Å². The number of carboxylic acids is 1. The topological polar surface area (TPSA) is 539 Å². The number of aromatic nitrogens is 18. The number of rotatable bonds is 22. The molecule has 0 fully saturated rings. The number of aromatic carboxylic acids is 1. The molecular formula is C86H73Cl4N27O10. The van der Waals surface area contributed by atoms with Gasteiger partial charge < -0.3 is 68.9 Å². The fourth-order valence-electron chi connectivity index (χ4n) is 11.6. The van der Waals surface area contributed by atoms with Gasteiger partial charge in [-0.05, 0) is 200 Å². The number of hydrogen-bond donors (Lipinski definition) is 10. The summed E-state index contributed by atoms with van der Waals surface area (Å²) in [4.78, 5) is 137. The van der Waals surface area contributed by atoms with Crippen molar-refractivity contribution in [3.05, 3.63) is 287 Å². The minimum Gasteiger partial charge on any atom is -0.477 e. The van der Waals surface area contributed by atoms with Crippen LogP contribution >= 0.6 is 46.4 Å². The summed E-state index contributed by atoms with van der Waals surface area (Å²) in [7, 11) is 0. The van der Waals surface area contributed by atoms with Crippen LogP contribution in [-0.4, -0.2) is 150 Å². The van der Waals surface area contributed by atoms with Crippen molar-refractivity contribution in [2.45, 2.75) is 40.2 Å². The number of esters is 2. The third-order valence-electron chi connectivity index (χ3n) is 17.5. The van der Waals surface area contributed by atoms with E-state index in [9.17, 15) is 28.8 Å². The van der Waals surface area contributed by atoms with Crippen molar-refractivity contribution in [1.82, 2.24) is 89.9 Å². The highest BCUT2D eigenvalue weighted by Gasteiger charge is 2.23. The fourth-order valence-corrected chi connectivity index (χ4v) is 12.3. The molecule has 14 N–H and O–H groups in total. The minimum atomic E-state index is -1.13. The smallest absolute Gasteiger partial charge is 0.347 e. The summed E-state index contributed by atoms with van der Waals surface area (Å²) in [5.74, 6) is -2.73. The summed E-state index contributed by atoms with van der Waals surface area (Å²) < 4.78 is 9.71. The quantitative estimate of drug-likeness (QED) is 0.0130. The lowest BCUT2D eigenvalue weighted by atomic mass is 10.0. The molecule has 640 valence electrons. The van der Waals surface area contributed by atoms with Gasteiger partial charge in [0.15, 0.2) is 5.82 Å². The molecule has 127 heavy (non-hydrogen) atoms. The third kappa shape index (κ3) is 24.8. The molecule has 6 aromatic carbocycles. The highest BCUT2D eigenvalue weighted by atomic mass is 35.5. The predicted octanol–water partition coefficient (Wildman–Crippen LogP) is 15.1. The molecule has 1 atom stereocenters. The van der Waals surface area contributed by atoms with Crippen molar-refractivity contribution in [3.8, 4) is 6.01 Å². The summed E-state index contributed by atoms with van der Waals surface area (Å²) in [6.45, 7) is 7.94. The molecule has 11 heterocycles. The molecule has 11 aromatic heterocycles. The average molecular weight is 1790 g/mol. The van der Waals surface area contributed by atoms with Gasteiger partial charge in [-0.15, -0.1) is 5.10 Å². The first-order chi connectivity index (χ1) is 61.3.